The second-order valence-electron chi connectivity index (χ2n) is 9.32. The molecule has 7 nitrogen and oxygen atoms in total. The van der Waals surface area contributed by atoms with Gasteiger partial charge < -0.3 is 15.0 Å². The van der Waals surface area contributed by atoms with Crippen LogP contribution in [0.1, 0.15) is 30.9 Å². The van der Waals surface area contributed by atoms with Crippen LogP contribution in [0.4, 0.5) is 5.82 Å². The van der Waals surface area contributed by atoms with Gasteiger partial charge in [0.2, 0.25) is 5.91 Å². The predicted octanol–water partition coefficient (Wildman–Crippen LogP) is 4.38. The molecule has 0 spiro atoms. The molecule has 190 valence electrons. The number of hydrogen-bond acceptors (Lipinski definition) is 5. The summed E-state index contributed by atoms with van der Waals surface area (Å²) < 4.78 is 7.48. The Labute approximate surface area is 216 Å². The molecule has 5 rings (SSSR count). The van der Waals surface area contributed by atoms with Gasteiger partial charge in [-0.25, -0.2) is 4.98 Å². The molecule has 0 radical (unpaired) electrons. The lowest BCUT2D eigenvalue weighted by Crippen LogP contribution is -2.43. The number of carbonyl (C=O) groups is 1. The van der Waals surface area contributed by atoms with E-state index in [-0.39, 0.29) is 17.4 Å². The number of para-hydroxylation sites is 3. The van der Waals surface area contributed by atoms with Gasteiger partial charge in [-0.3, -0.25) is 14.2 Å². The SMILES string of the molecule is CCOc1ccccc1CNC(=O)C1CCN(c2nc3ccccc3n(Cc3ccccc3)c2=O)CC1. The zero-order chi connectivity index (χ0) is 25.6. The van der Waals surface area contributed by atoms with Crippen molar-refractivity contribution >= 4 is 22.8 Å². The lowest BCUT2D eigenvalue weighted by molar-refractivity contribution is -0.125. The summed E-state index contributed by atoms with van der Waals surface area (Å²) >= 11 is 0. The number of nitrogens with zero attached hydrogens (tertiary/aromatic N) is 3. The van der Waals surface area contributed by atoms with E-state index in [2.05, 4.69) is 5.32 Å². The van der Waals surface area contributed by atoms with Gasteiger partial charge >= 0.3 is 0 Å². The lowest BCUT2D eigenvalue weighted by atomic mass is 9.96. The number of anilines is 1. The molecule has 1 fully saturated rings. The molecule has 2 heterocycles. The molecule has 3 aromatic carbocycles. The summed E-state index contributed by atoms with van der Waals surface area (Å²) in [5, 5.41) is 3.08. The van der Waals surface area contributed by atoms with Crippen LogP contribution in [-0.4, -0.2) is 35.2 Å². The first kappa shape index (κ1) is 24.6. The Kier molecular flexibility index (Phi) is 7.49. The molecule has 4 aromatic rings. The summed E-state index contributed by atoms with van der Waals surface area (Å²) in [5.74, 6) is 1.20. The highest BCUT2D eigenvalue weighted by molar-refractivity contribution is 5.79. The number of benzene rings is 3. The first-order valence-electron chi connectivity index (χ1n) is 12.9. The molecular formula is C30H32N4O3. The zero-order valence-corrected chi connectivity index (χ0v) is 21.1. The second-order valence-corrected chi connectivity index (χ2v) is 9.32. The van der Waals surface area contributed by atoms with E-state index in [4.69, 9.17) is 9.72 Å². The predicted molar refractivity (Wildman–Crippen MR) is 146 cm³/mol. The van der Waals surface area contributed by atoms with Crippen molar-refractivity contribution in [3.63, 3.8) is 0 Å². The third-order valence-electron chi connectivity index (χ3n) is 6.91. The molecule has 1 amide bonds. The molecule has 1 N–H and O–H groups in total. The Balaban J connectivity index is 1.29. The number of fused-ring (bicyclic) bond motifs is 1. The Morgan fingerprint density at radius 3 is 2.46 bits per heavy atom. The quantitative estimate of drug-likeness (QED) is 0.392. The number of hydrogen-bond donors (Lipinski definition) is 1. The van der Waals surface area contributed by atoms with Crippen molar-refractivity contribution in [2.24, 2.45) is 5.92 Å². The summed E-state index contributed by atoms with van der Waals surface area (Å²) in [7, 11) is 0. The minimum Gasteiger partial charge on any atom is -0.494 e. The maximum atomic E-state index is 13.6. The summed E-state index contributed by atoms with van der Waals surface area (Å²) in [6, 6.07) is 25.5. The summed E-state index contributed by atoms with van der Waals surface area (Å²) in [4.78, 5) is 33.3. The molecule has 1 aliphatic heterocycles. The van der Waals surface area contributed by atoms with Crippen LogP contribution in [0, 0.1) is 5.92 Å². The average molecular weight is 497 g/mol. The van der Waals surface area contributed by atoms with E-state index in [1.54, 1.807) is 0 Å². The maximum absolute atomic E-state index is 13.6. The summed E-state index contributed by atoms with van der Waals surface area (Å²) in [6.45, 7) is 4.67. The van der Waals surface area contributed by atoms with Crippen LogP contribution >= 0.6 is 0 Å². The molecule has 0 unspecified atom stereocenters. The van der Waals surface area contributed by atoms with E-state index in [0.717, 1.165) is 27.9 Å². The van der Waals surface area contributed by atoms with Crippen molar-refractivity contribution in [2.45, 2.75) is 32.9 Å². The van der Waals surface area contributed by atoms with Crippen molar-refractivity contribution in [3.05, 3.63) is 100 Å². The van der Waals surface area contributed by atoms with E-state index in [1.807, 2.05) is 95.3 Å². The Morgan fingerprint density at radius 1 is 0.973 bits per heavy atom. The minimum absolute atomic E-state index is 0.0407. The van der Waals surface area contributed by atoms with Gasteiger partial charge in [0, 0.05) is 31.1 Å². The van der Waals surface area contributed by atoms with Gasteiger partial charge in [-0.2, -0.15) is 0 Å². The molecule has 37 heavy (non-hydrogen) atoms. The molecule has 0 aliphatic carbocycles. The van der Waals surface area contributed by atoms with Crippen LogP contribution in [0.15, 0.2) is 83.7 Å². The number of ether oxygens (including phenoxy) is 1. The average Bonchev–Trinajstić information content (AvgIpc) is 2.94. The van der Waals surface area contributed by atoms with Crippen molar-refractivity contribution in [1.82, 2.24) is 14.9 Å². The van der Waals surface area contributed by atoms with Crippen LogP contribution in [-0.2, 0) is 17.9 Å². The summed E-state index contributed by atoms with van der Waals surface area (Å²) in [6.07, 6.45) is 1.34. The largest absolute Gasteiger partial charge is 0.494 e. The third-order valence-corrected chi connectivity index (χ3v) is 6.91. The standard InChI is InChI=1S/C30H32N4O3/c1-2-37-27-15-9-6-12-24(27)20-31-29(35)23-16-18-33(19-17-23)28-30(36)34(21-22-10-4-3-5-11-22)26-14-8-7-13-25(26)32-28/h3-15,23H,2,16-21H2,1H3,(H,31,35). The maximum Gasteiger partial charge on any atom is 0.294 e. The monoisotopic (exact) mass is 496 g/mol. The number of nitrogens with one attached hydrogen (secondary N) is 1. The molecule has 7 heteroatoms. The minimum atomic E-state index is -0.0991. The van der Waals surface area contributed by atoms with Crippen molar-refractivity contribution < 1.29 is 9.53 Å². The molecule has 0 saturated carbocycles. The van der Waals surface area contributed by atoms with Crippen LogP contribution in [0.25, 0.3) is 11.0 Å². The number of piperidine rings is 1. The van der Waals surface area contributed by atoms with E-state index >= 15 is 0 Å². The Bertz CT molecular complexity index is 1430. The van der Waals surface area contributed by atoms with Crippen LogP contribution in [0.3, 0.4) is 0 Å². The first-order chi connectivity index (χ1) is 18.1. The number of carbonyl (C=O) groups excluding carboxylic acids is 1. The Morgan fingerprint density at radius 2 is 1.68 bits per heavy atom. The normalized spacial score (nSPS) is 14.0. The highest BCUT2D eigenvalue weighted by atomic mass is 16.5. The smallest absolute Gasteiger partial charge is 0.294 e. The molecule has 1 aromatic heterocycles. The fraction of sp³-hybridized carbons (Fsp3) is 0.300. The van der Waals surface area contributed by atoms with E-state index in [0.29, 0.717) is 51.4 Å². The zero-order valence-electron chi connectivity index (χ0n) is 21.1. The van der Waals surface area contributed by atoms with Gasteiger partial charge in [0.1, 0.15) is 5.75 Å². The summed E-state index contributed by atoms with van der Waals surface area (Å²) in [5.41, 5.74) is 3.54. The molecular weight excluding hydrogens is 464 g/mol. The topological polar surface area (TPSA) is 76.5 Å². The molecule has 0 bridgehead atoms. The van der Waals surface area contributed by atoms with Gasteiger partial charge in [-0.1, -0.05) is 60.7 Å². The number of rotatable bonds is 8. The van der Waals surface area contributed by atoms with E-state index < -0.39 is 0 Å². The van der Waals surface area contributed by atoms with Gasteiger partial charge in [-0.05, 0) is 43.5 Å². The van der Waals surface area contributed by atoms with Crippen LogP contribution < -0.4 is 20.5 Å². The van der Waals surface area contributed by atoms with E-state index in [9.17, 15) is 9.59 Å². The molecule has 1 saturated heterocycles. The lowest BCUT2D eigenvalue weighted by Gasteiger charge is -2.32. The molecule has 0 atom stereocenters. The number of amides is 1. The van der Waals surface area contributed by atoms with Crippen molar-refractivity contribution in [3.8, 4) is 5.75 Å². The third kappa shape index (κ3) is 5.50. The fourth-order valence-electron chi connectivity index (χ4n) is 4.93. The molecule has 1 aliphatic rings. The fourth-order valence-corrected chi connectivity index (χ4v) is 4.93. The highest BCUT2D eigenvalue weighted by Crippen LogP contribution is 2.23. The van der Waals surface area contributed by atoms with Gasteiger partial charge in [0.05, 0.1) is 24.2 Å². The van der Waals surface area contributed by atoms with Crippen LogP contribution in [0.2, 0.25) is 0 Å². The highest BCUT2D eigenvalue weighted by Gasteiger charge is 2.27. The Hall–Kier alpha value is -4.13. The van der Waals surface area contributed by atoms with Gasteiger partial charge in [0.15, 0.2) is 5.82 Å². The van der Waals surface area contributed by atoms with Crippen molar-refractivity contribution in [1.29, 1.82) is 0 Å². The van der Waals surface area contributed by atoms with Crippen molar-refractivity contribution in [2.75, 3.05) is 24.6 Å². The first-order valence-corrected chi connectivity index (χ1v) is 12.9. The number of aromatic nitrogens is 2. The van der Waals surface area contributed by atoms with Gasteiger partial charge in [-0.15, -0.1) is 0 Å². The van der Waals surface area contributed by atoms with Crippen LogP contribution in [0.5, 0.6) is 5.75 Å². The second kappa shape index (κ2) is 11.3. The van der Waals surface area contributed by atoms with Gasteiger partial charge in [0.25, 0.3) is 5.56 Å². The van der Waals surface area contributed by atoms with E-state index in [1.165, 1.54) is 0 Å².